The van der Waals surface area contributed by atoms with Crippen molar-refractivity contribution in [2.24, 2.45) is 0 Å². The molecule has 3 aromatic rings. The maximum absolute atomic E-state index is 13.4. The van der Waals surface area contributed by atoms with Gasteiger partial charge in [0.1, 0.15) is 6.54 Å². The standard InChI is InChI=1S/C25H26N2O5S/c1-18(2)20-9-11-21(12-10-20)27(33(29,30)22-6-4-3-5-7-22)16-25(28)26-15-19-8-13-23-24(14-19)32-17-31-23/h3-14,18H,15-17H2,1-2H3,(H,26,28). The van der Waals surface area contributed by atoms with Crippen molar-refractivity contribution in [3.05, 3.63) is 83.9 Å². The van der Waals surface area contributed by atoms with E-state index in [0.29, 0.717) is 23.1 Å². The molecule has 7 nitrogen and oxygen atoms in total. The van der Waals surface area contributed by atoms with E-state index in [-0.39, 0.29) is 24.8 Å². The minimum Gasteiger partial charge on any atom is -0.454 e. The molecule has 0 radical (unpaired) electrons. The third-order valence-electron chi connectivity index (χ3n) is 5.39. The summed E-state index contributed by atoms with van der Waals surface area (Å²) in [6, 6.07) is 20.8. The third kappa shape index (κ3) is 5.12. The van der Waals surface area contributed by atoms with Crippen LogP contribution in [0.3, 0.4) is 0 Å². The molecule has 0 aliphatic carbocycles. The van der Waals surface area contributed by atoms with Crippen molar-refractivity contribution in [3.8, 4) is 11.5 Å². The predicted octanol–water partition coefficient (Wildman–Crippen LogP) is 4.05. The van der Waals surface area contributed by atoms with E-state index in [1.54, 1.807) is 42.5 Å². The summed E-state index contributed by atoms with van der Waals surface area (Å²) < 4.78 is 38.6. The molecule has 8 heteroatoms. The number of fused-ring (bicyclic) bond motifs is 1. The molecule has 33 heavy (non-hydrogen) atoms. The molecular formula is C25H26N2O5S. The number of nitrogens with zero attached hydrogens (tertiary/aromatic N) is 1. The summed E-state index contributed by atoms with van der Waals surface area (Å²) in [7, 11) is -3.94. The molecule has 172 valence electrons. The number of sulfonamides is 1. The lowest BCUT2D eigenvalue weighted by molar-refractivity contribution is -0.119. The second-order valence-electron chi connectivity index (χ2n) is 8.04. The van der Waals surface area contributed by atoms with Crippen LogP contribution in [0.4, 0.5) is 5.69 Å². The second-order valence-corrected chi connectivity index (χ2v) is 9.90. The van der Waals surface area contributed by atoms with E-state index in [2.05, 4.69) is 19.2 Å². The van der Waals surface area contributed by atoms with E-state index in [1.165, 1.54) is 12.1 Å². The molecule has 1 aliphatic heterocycles. The molecule has 0 saturated carbocycles. The Hall–Kier alpha value is -3.52. The Kier molecular flexibility index (Phi) is 6.55. The van der Waals surface area contributed by atoms with Gasteiger partial charge in [0, 0.05) is 6.54 Å². The maximum Gasteiger partial charge on any atom is 0.264 e. The van der Waals surface area contributed by atoms with Gasteiger partial charge < -0.3 is 14.8 Å². The van der Waals surface area contributed by atoms with Gasteiger partial charge in [-0.2, -0.15) is 0 Å². The predicted molar refractivity (Wildman–Crippen MR) is 126 cm³/mol. The molecule has 0 unspecified atom stereocenters. The number of anilines is 1. The van der Waals surface area contributed by atoms with E-state index in [0.717, 1.165) is 15.4 Å². The zero-order valence-electron chi connectivity index (χ0n) is 18.5. The Morgan fingerprint density at radius 2 is 1.67 bits per heavy atom. The highest BCUT2D eigenvalue weighted by Gasteiger charge is 2.27. The van der Waals surface area contributed by atoms with Crippen LogP contribution in [0, 0.1) is 0 Å². The third-order valence-corrected chi connectivity index (χ3v) is 7.18. The highest BCUT2D eigenvalue weighted by atomic mass is 32.2. The van der Waals surface area contributed by atoms with Crippen LogP contribution < -0.4 is 19.1 Å². The van der Waals surface area contributed by atoms with Crippen molar-refractivity contribution in [1.29, 1.82) is 0 Å². The first-order valence-corrected chi connectivity index (χ1v) is 12.1. The smallest absolute Gasteiger partial charge is 0.264 e. The minimum atomic E-state index is -3.94. The first kappa shape index (κ1) is 22.7. The number of carbonyl (C=O) groups is 1. The molecule has 0 atom stereocenters. The number of ether oxygens (including phenoxy) is 2. The number of hydrogen-bond donors (Lipinski definition) is 1. The fourth-order valence-corrected chi connectivity index (χ4v) is 4.94. The van der Waals surface area contributed by atoms with Gasteiger partial charge in [-0.25, -0.2) is 8.42 Å². The molecule has 0 spiro atoms. The van der Waals surface area contributed by atoms with Crippen LogP contribution in [-0.4, -0.2) is 27.7 Å². The molecule has 1 aliphatic rings. The van der Waals surface area contributed by atoms with Crippen LogP contribution in [-0.2, 0) is 21.4 Å². The fraction of sp³-hybridized carbons (Fsp3) is 0.240. The molecule has 1 N–H and O–H groups in total. The fourth-order valence-electron chi connectivity index (χ4n) is 3.50. The minimum absolute atomic E-state index is 0.126. The molecule has 1 amide bonds. The van der Waals surface area contributed by atoms with Gasteiger partial charge in [0.05, 0.1) is 10.6 Å². The number of nitrogens with one attached hydrogen (secondary N) is 1. The molecule has 0 aromatic heterocycles. The molecule has 4 rings (SSSR count). The Morgan fingerprint density at radius 3 is 2.36 bits per heavy atom. The highest BCUT2D eigenvalue weighted by Crippen LogP contribution is 2.32. The van der Waals surface area contributed by atoms with Gasteiger partial charge in [-0.1, -0.05) is 50.2 Å². The van der Waals surface area contributed by atoms with Crippen LogP contribution in [0.15, 0.2) is 77.7 Å². The summed E-state index contributed by atoms with van der Waals surface area (Å²) in [5.74, 6) is 1.18. The number of amides is 1. The average Bonchev–Trinajstić information content (AvgIpc) is 3.30. The van der Waals surface area contributed by atoms with Crippen molar-refractivity contribution < 1.29 is 22.7 Å². The summed E-state index contributed by atoms with van der Waals surface area (Å²) in [6.45, 7) is 4.20. The quantitative estimate of drug-likeness (QED) is 0.541. The van der Waals surface area contributed by atoms with Crippen LogP contribution in [0.2, 0.25) is 0 Å². The van der Waals surface area contributed by atoms with E-state index in [4.69, 9.17) is 9.47 Å². The largest absolute Gasteiger partial charge is 0.454 e. The summed E-state index contributed by atoms with van der Waals surface area (Å²) in [6.07, 6.45) is 0. The van der Waals surface area contributed by atoms with Crippen LogP contribution in [0.1, 0.15) is 30.9 Å². The number of carbonyl (C=O) groups excluding carboxylic acids is 1. The summed E-state index contributed by atoms with van der Waals surface area (Å²) in [5, 5.41) is 2.80. The SMILES string of the molecule is CC(C)c1ccc(N(CC(=O)NCc2ccc3c(c2)OCO3)S(=O)(=O)c2ccccc2)cc1. The topological polar surface area (TPSA) is 84.9 Å². The van der Waals surface area contributed by atoms with Gasteiger partial charge in [-0.05, 0) is 53.4 Å². The average molecular weight is 467 g/mol. The zero-order chi connectivity index (χ0) is 23.4. The number of benzene rings is 3. The van der Waals surface area contributed by atoms with E-state index in [1.807, 2.05) is 18.2 Å². The second kappa shape index (κ2) is 9.54. The molecular weight excluding hydrogens is 440 g/mol. The lowest BCUT2D eigenvalue weighted by Gasteiger charge is -2.24. The Balaban J connectivity index is 1.54. The summed E-state index contributed by atoms with van der Waals surface area (Å²) in [4.78, 5) is 12.9. The van der Waals surface area contributed by atoms with Gasteiger partial charge in [0.15, 0.2) is 11.5 Å². The number of hydrogen-bond acceptors (Lipinski definition) is 5. The lowest BCUT2D eigenvalue weighted by Crippen LogP contribution is -2.40. The Bertz CT molecular complexity index is 1230. The molecule has 3 aromatic carbocycles. The zero-order valence-corrected chi connectivity index (χ0v) is 19.3. The van der Waals surface area contributed by atoms with Gasteiger partial charge in [-0.3, -0.25) is 9.10 Å². The molecule has 1 heterocycles. The van der Waals surface area contributed by atoms with Crippen molar-refractivity contribution in [3.63, 3.8) is 0 Å². The normalized spacial score (nSPS) is 12.6. The Morgan fingerprint density at radius 1 is 0.970 bits per heavy atom. The van der Waals surface area contributed by atoms with Crippen LogP contribution in [0.25, 0.3) is 0 Å². The van der Waals surface area contributed by atoms with Crippen molar-refractivity contribution in [2.75, 3.05) is 17.6 Å². The van der Waals surface area contributed by atoms with Crippen molar-refractivity contribution >= 4 is 21.6 Å². The van der Waals surface area contributed by atoms with Crippen LogP contribution >= 0.6 is 0 Å². The van der Waals surface area contributed by atoms with Crippen molar-refractivity contribution in [1.82, 2.24) is 5.32 Å². The van der Waals surface area contributed by atoms with Crippen molar-refractivity contribution in [2.45, 2.75) is 31.2 Å². The lowest BCUT2D eigenvalue weighted by atomic mass is 10.0. The molecule has 0 saturated heterocycles. The first-order chi connectivity index (χ1) is 15.8. The summed E-state index contributed by atoms with van der Waals surface area (Å²) >= 11 is 0. The van der Waals surface area contributed by atoms with E-state index >= 15 is 0 Å². The first-order valence-electron chi connectivity index (χ1n) is 10.7. The number of rotatable bonds is 8. The molecule has 0 bridgehead atoms. The van der Waals surface area contributed by atoms with Crippen LogP contribution in [0.5, 0.6) is 11.5 Å². The van der Waals surface area contributed by atoms with Gasteiger partial charge in [0.2, 0.25) is 12.7 Å². The maximum atomic E-state index is 13.4. The molecule has 0 fully saturated rings. The van der Waals surface area contributed by atoms with E-state index < -0.39 is 15.9 Å². The van der Waals surface area contributed by atoms with Gasteiger partial charge >= 0.3 is 0 Å². The summed E-state index contributed by atoms with van der Waals surface area (Å²) in [5.41, 5.74) is 2.34. The highest BCUT2D eigenvalue weighted by molar-refractivity contribution is 7.92. The Labute approximate surface area is 194 Å². The van der Waals surface area contributed by atoms with Gasteiger partial charge in [0.25, 0.3) is 10.0 Å². The van der Waals surface area contributed by atoms with Gasteiger partial charge in [-0.15, -0.1) is 0 Å². The monoisotopic (exact) mass is 466 g/mol. The van der Waals surface area contributed by atoms with E-state index in [9.17, 15) is 13.2 Å².